The fourth-order valence-corrected chi connectivity index (χ4v) is 5.27. The molecule has 2 unspecified atom stereocenters. The minimum Gasteiger partial charge on any atom is -0.445 e. The average molecular weight is 416 g/mol. The van der Waals surface area contributed by atoms with E-state index in [9.17, 15) is 19.2 Å². The fraction of sp³-hybridized carbons (Fsp3) is 0.167. The predicted molar refractivity (Wildman–Crippen MR) is 105 cm³/mol. The van der Waals surface area contributed by atoms with Crippen molar-refractivity contribution in [3.05, 3.63) is 96.1 Å². The Labute approximate surface area is 176 Å². The van der Waals surface area contributed by atoms with Crippen LogP contribution in [0.1, 0.15) is 22.3 Å². The van der Waals surface area contributed by atoms with Crippen molar-refractivity contribution in [2.24, 2.45) is 11.8 Å². The van der Waals surface area contributed by atoms with Gasteiger partial charge in [-0.05, 0) is 0 Å². The van der Waals surface area contributed by atoms with Crippen molar-refractivity contribution in [1.29, 1.82) is 0 Å². The molecule has 1 heterocycles. The molecular weight excluding hydrogens is 400 g/mol. The van der Waals surface area contributed by atoms with Gasteiger partial charge in [0.15, 0.2) is 11.2 Å². The third-order valence-corrected chi connectivity index (χ3v) is 6.23. The van der Waals surface area contributed by atoms with E-state index in [-0.39, 0.29) is 0 Å². The molecule has 31 heavy (non-hydrogen) atoms. The van der Waals surface area contributed by atoms with Gasteiger partial charge in [-0.2, -0.15) is 0 Å². The highest BCUT2D eigenvalue weighted by Crippen LogP contribution is 2.67. The summed E-state index contributed by atoms with van der Waals surface area (Å²) in [5, 5.41) is 0. The predicted octanol–water partition coefficient (Wildman–Crippen LogP) is 2.28. The lowest BCUT2D eigenvalue weighted by molar-refractivity contribution is -0.188. The van der Waals surface area contributed by atoms with Gasteiger partial charge in [0.1, 0.15) is 11.8 Å². The first-order chi connectivity index (χ1) is 14.9. The van der Waals surface area contributed by atoms with Gasteiger partial charge in [-0.3, -0.25) is 9.59 Å². The molecular formula is C24H16O7. The zero-order valence-electron chi connectivity index (χ0n) is 16.2. The van der Waals surface area contributed by atoms with Gasteiger partial charge in [0.25, 0.3) is 0 Å². The van der Waals surface area contributed by atoms with Gasteiger partial charge < -0.3 is 14.2 Å². The van der Waals surface area contributed by atoms with E-state index in [2.05, 4.69) is 13.2 Å². The van der Waals surface area contributed by atoms with E-state index in [4.69, 9.17) is 14.2 Å². The van der Waals surface area contributed by atoms with Gasteiger partial charge in [-0.15, -0.1) is 0 Å². The molecule has 7 nitrogen and oxygen atoms in total. The molecule has 7 heteroatoms. The maximum atomic E-state index is 13.0. The van der Waals surface area contributed by atoms with Crippen LogP contribution in [0, 0.1) is 11.8 Å². The summed E-state index contributed by atoms with van der Waals surface area (Å²) >= 11 is 0. The molecule has 2 atom stereocenters. The van der Waals surface area contributed by atoms with E-state index >= 15 is 0 Å². The number of rotatable bonds is 4. The average Bonchev–Trinajstić information content (AvgIpc) is 3.10. The third kappa shape index (κ3) is 2.12. The highest BCUT2D eigenvalue weighted by atomic mass is 16.6. The van der Waals surface area contributed by atoms with Gasteiger partial charge in [0.05, 0.1) is 0 Å². The molecule has 6 rings (SSSR count). The fourth-order valence-electron chi connectivity index (χ4n) is 5.27. The van der Waals surface area contributed by atoms with Gasteiger partial charge in [0.2, 0.25) is 0 Å². The van der Waals surface area contributed by atoms with Crippen LogP contribution in [0.5, 0.6) is 0 Å². The second-order valence-electron chi connectivity index (χ2n) is 7.51. The van der Waals surface area contributed by atoms with E-state index in [1.165, 1.54) is 0 Å². The Kier molecular flexibility index (Phi) is 3.83. The molecule has 0 aromatic heterocycles. The van der Waals surface area contributed by atoms with Crippen molar-refractivity contribution in [1.82, 2.24) is 0 Å². The van der Waals surface area contributed by atoms with E-state index < -0.39 is 46.9 Å². The highest BCUT2D eigenvalue weighted by molar-refractivity contribution is 6.02. The summed E-state index contributed by atoms with van der Waals surface area (Å²) in [6.07, 6.45) is 1.98. The van der Waals surface area contributed by atoms with Crippen molar-refractivity contribution >= 4 is 23.9 Å². The molecule has 0 N–H and O–H groups in total. The molecule has 1 fully saturated rings. The van der Waals surface area contributed by atoms with Crippen molar-refractivity contribution < 1.29 is 33.4 Å². The summed E-state index contributed by atoms with van der Waals surface area (Å²) < 4.78 is 16.8. The minimum absolute atomic E-state index is 0.439. The molecule has 0 saturated carbocycles. The summed E-state index contributed by atoms with van der Waals surface area (Å²) in [5.41, 5.74) is -1.53. The summed E-state index contributed by atoms with van der Waals surface area (Å²) in [4.78, 5) is 50.9. The molecule has 3 aliphatic carbocycles. The van der Waals surface area contributed by atoms with Crippen molar-refractivity contribution in [3.63, 3.8) is 0 Å². The normalized spacial score (nSPS) is 29.2. The van der Waals surface area contributed by atoms with E-state index in [0.717, 1.165) is 12.2 Å². The van der Waals surface area contributed by atoms with Crippen LogP contribution in [0.2, 0.25) is 0 Å². The Morgan fingerprint density at radius 1 is 0.742 bits per heavy atom. The third-order valence-electron chi connectivity index (χ3n) is 6.23. The highest BCUT2D eigenvalue weighted by Gasteiger charge is 2.76. The molecule has 0 spiro atoms. The first kappa shape index (κ1) is 19.0. The van der Waals surface area contributed by atoms with Crippen molar-refractivity contribution in [2.75, 3.05) is 0 Å². The topological polar surface area (TPSA) is 96.0 Å². The number of benzene rings is 2. The number of hydrogen-bond acceptors (Lipinski definition) is 7. The number of carbonyl (C=O) groups is 4. The molecule has 0 radical (unpaired) electrons. The van der Waals surface area contributed by atoms with Gasteiger partial charge in [-0.25, -0.2) is 9.59 Å². The summed E-state index contributed by atoms with van der Waals surface area (Å²) in [6.45, 7) is 6.92. The quantitative estimate of drug-likeness (QED) is 0.327. The van der Waals surface area contributed by atoms with Crippen LogP contribution in [0.3, 0.4) is 0 Å². The van der Waals surface area contributed by atoms with Crippen LogP contribution in [-0.2, 0) is 44.6 Å². The van der Waals surface area contributed by atoms with Crippen LogP contribution >= 0.6 is 0 Å². The largest absolute Gasteiger partial charge is 0.445 e. The van der Waals surface area contributed by atoms with Gasteiger partial charge in [-0.1, -0.05) is 61.7 Å². The number of ether oxygens (including phenoxy) is 3. The first-order valence-electron chi connectivity index (χ1n) is 9.58. The Bertz CT molecular complexity index is 1070. The number of hydrogen-bond donors (Lipinski definition) is 0. The number of cyclic esters (lactones) is 2. The molecule has 2 aromatic rings. The lowest BCUT2D eigenvalue weighted by Gasteiger charge is -2.56. The maximum Gasteiger partial charge on any atom is 0.331 e. The van der Waals surface area contributed by atoms with Crippen molar-refractivity contribution in [3.8, 4) is 0 Å². The maximum absolute atomic E-state index is 13.0. The molecule has 2 aromatic carbocycles. The Hall–Kier alpha value is -4.00. The monoisotopic (exact) mass is 416 g/mol. The molecule has 2 bridgehead atoms. The van der Waals surface area contributed by atoms with E-state index in [1.807, 2.05) is 0 Å². The first-order valence-corrected chi connectivity index (χ1v) is 9.58. The van der Waals surface area contributed by atoms with Crippen LogP contribution in [0.4, 0.5) is 0 Å². The summed E-state index contributed by atoms with van der Waals surface area (Å²) in [7, 11) is 0. The van der Waals surface area contributed by atoms with Gasteiger partial charge in [0, 0.05) is 34.4 Å². The minimum atomic E-state index is -1.64. The second kappa shape index (κ2) is 6.25. The smallest absolute Gasteiger partial charge is 0.331 e. The molecule has 154 valence electrons. The Morgan fingerprint density at radius 3 is 1.35 bits per heavy atom. The van der Waals surface area contributed by atoms with Gasteiger partial charge >= 0.3 is 23.9 Å². The lowest BCUT2D eigenvalue weighted by atomic mass is 9.50. The molecule has 1 saturated heterocycles. The van der Waals surface area contributed by atoms with Crippen LogP contribution in [0.15, 0.2) is 73.8 Å². The summed E-state index contributed by atoms with van der Waals surface area (Å²) in [6, 6.07) is 13.6. The van der Waals surface area contributed by atoms with E-state index in [0.29, 0.717) is 22.3 Å². The molecule has 1 aliphatic heterocycles. The van der Waals surface area contributed by atoms with Crippen LogP contribution < -0.4 is 0 Å². The standard InChI is InChI=1S/C24H16O7/c1-3-17(25)30-23-13-9-5-7-11-15(13)24(31-18(26)4-2,16-12-8-6-10-14(16)23)20-19(23)21(27)29-22(20)28/h3-12,19-20H,1-2H2. The molecule has 0 amide bonds. The zero-order valence-corrected chi connectivity index (χ0v) is 16.2. The SMILES string of the molecule is C=CC(=O)OC12c3ccccc3C(OC(=O)C=C)(c3ccccc31)C1C(=O)OC(=O)C12. The van der Waals surface area contributed by atoms with Crippen LogP contribution in [-0.4, -0.2) is 23.9 Å². The summed E-state index contributed by atoms with van der Waals surface area (Å²) in [5.74, 6) is -5.73. The van der Waals surface area contributed by atoms with Crippen LogP contribution in [0.25, 0.3) is 0 Å². The second-order valence-corrected chi connectivity index (χ2v) is 7.51. The lowest BCUT2D eigenvalue weighted by Crippen LogP contribution is -2.63. The zero-order chi connectivity index (χ0) is 22.0. The van der Waals surface area contributed by atoms with E-state index in [1.54, 1.807) is 48.5 Å². The van der Waals surface area contributed by atoms with Crippen molar-refractivity contribution in [2.45, 2.75) is 11.2 Å². The number of esters is 4. The number of carbonyl (C=O) groups excluding carboxylic acids is 4. The Morgan fingerprint density at radius 2 is 1.06 bits per heavy atom. The molecule has 4 aliphatic rings. The Balaban J connectivity index is 1.96.